The SMILES string of the molecule is CCCN1CCc2cc(Nc3nc(Oc4cccc(N)c4)c4cc[nH]c4n3)ccc21. The van der Waals surface area contributed by atoms with Gasteiger partial charge in [-0.2, -0.15) is 9.97 Å². The Bertz CT molecular complexity index is 1200. The van der Waals surface area contributed by atoms with E-state index < -0.39 is 0 Å². The van der Waals surface area contributed by atoms with Gasteiger partial charge in [-0.1, -0.05) is 13.0 Å². The van der Waals surface area contributed by atoms with E-state index in [2.05, 4.69) is 50.3 Å². The van der Waals surface area contributed by atoms with Crippen LogP contribution in [0, 0.1) is 0 Å². The summed E-state index contributed by atoms with van der Waals surface area (Å²) in [6.45, 7) is 4.39. The van der Waals surface area contributed by atoms with Crippen molar-refractivity contribution in [2.24, 2.45) is 0 Å². The van der Waals surface area contributed by atoms with Crippen LogP contribution in [0.5, 0.6) is 11.6 Å². The first-order valence-electron chi connectivity index (χ1n) is 10.2. The molecule has 2 aromatic carbocycles. The lowest BCUT2D eigenvalue weighted by atomic mass is 10.1. The predicted molar refractivity (Wildman–Crippen MR) is 121 cm³/mol. The second-order valence-corrected chi connectivity index (χ2v) is 7.47. The largest absolute Gasteiger partial charge is 0.438 e. The summed E-state index contributed by atoms with van der Waals surface area (Å²) >= 11 is 0. The van der Waals surface area contributed by atoms with Gasteiger partial charge < -0.3 is 25.7 Å². The standard InChI is InChI=1S/C23H24N6O/c1-2-11-29-12-9-15-13-17(6-7-20(15)29)26-23-27-21-19(8-10-25-21)22(28-23)30-18-5-3-4-16(24)14-18/h3-8,10,13-14H,2,9,11-12,24H2,1H3,(H2,25,26,27,28). The van der Waals surface area contributed by atoms with Gasteiger partial charge in [-0.3, -0.25) is 0 Å². The quantitative estimate of drug-likeness (QED) is 0.401. The second-order valence-electron chi connectivity index (χ2n) is 7.47. The number of anilines is 4. The van der Waals surface area contributed by atoms with Gasteiger partial charge in [0.1, 0.15) is 11.4 Å². The molecule has 0 spiro atoms. The molecule has 0 fully saturated rings. The average Bonchev–Trinajstić information content (AvgIpc) is 3.35. The van der Waals surface area contributed by atoms with Crippen LogP contribution in [-0.4, -0.2) is 28.0 Å². The van der Waals surface area contributed by atoms with Crippen molar-refractivity contribution in [3.05, 3.63) is 60.3 Å². The Hall–Kier alpha value is -3.74. The molecule has 3 heterocycles. The summed E-state index contributed by atoms with van der Waals surface area (Å²) < 4.78 is 6.03. The zero-order valence-corrected chi connectivity index (χ0v) is 16.9. The number of aromatic amines is 1. The van der Waals surface area contributed by atoms with E-state index in [1.807, 2.05) is 30.5 Å². The summed E-state index contributed by atoms with van der Waals surface area (Å²) in [5, 5.41) is 4.15. The fraction of sp³-hybridized carbons (Fsp3) is 0.217. The molecule has 1 aliphatic heterocycles. The van der Waals surface area contributed by atoms with Crippen LogP contribution in [0.3, 0.4) is 0 Å². The molecule has 7 heteroatoms. The third kappa shape index (κ3) is 3.50. The maximum Gasteiger partial charge on any atom is 0.233 e. The first kappa shape index (κ1) is 18.3. The Morgan fingerprint density at radius 1 is 1.17 bits per heavy atom. The number of fused-ring (bicyclic) bond motifs is 2. The second kappa shape index (κ2) is 7.59. The van der Waals surface area contributed by atoms with Gasteiger partial charge in [-0.05, 0) is 54.8 Å². The lowest BCUT2D eigenvalue weighted by Crippen LogP contribution is -2.20. The van der Waals surface area contributed by atoms with Gasteiger partial charge in [0.05, 0.1) is 5.39 Å². The van der Waals surface area contributed by atoms with E-state index in [0.29, 0.717) is 28.9 Å². The van der Waals surface area contributed by atoms with E-state index in [9.17, 15) is 0 Å². The number of ether oxygens (including phenoxy) is 1. The normalized spacial score (nSPS) is 12.9. The Morgan fingerprint density at radius 2 is 2.10 bits per heavy atom. The Morgan fingerprint density at radius 3 is 2.97 bits per heavy atom. The molecule has 1 aliphatic rings. The minimum Gasteiger partial charge on any atom is -0.438 e. The molecule has 0 atom stereocenters. The predicted octanol–water partition coefficient (Wildman–Crippen LogP) is 4.85. The smallest absolute Gasteiger partial charge is 0.233 e. The molecule has 0 radical (unpaired) electrons. The first-order chi connectivity index (χ1) is 14.7. The van der Waals surface area contributed by atoms with E-state index in [0.717, 1.165) is 37.0 Å². The van der Waals surface area contributed by atoms with Crippen LogP contribution in [0.25, 0.3) is 11.0 Å². The molecule has 2 aromatic heterocycles. The molecular formula is C23H24N6O. The van der Waals surface area contributed by atoms with E-state index in [1.165, 1.54) is 11.3 Å². The molecule has 30 heavy (non-hydrogen) atoms. The number of nitrogens with one attached hydrogen (secondary N) is 2. The van der Waals surface area contributed by atoms with E-state index >= 15 is 0 Å². The minimum atomic E-state index is 0.477. The van der Waals surface area contributed by atoms with Crippen LogP contribution in [0.4, 0.5) is 23.0 Å². The van der Waals surface area contributed by atoms with E-state index in [-0.39, 0.29) is 0 Å². The minimum absolute atomic E-state index is 0.477. The molecule has 0 saturated carbocycles. The van der Waals surface area contributed by atoms with Gasteiger partial charge in [0.25, 0.3) is 0 Å². The average molecular weight is 400 g/mol. The molecule has 0 unspecified atom stereocenters. The lowest BCUT2D eigenvalue weighted by Gasteiger charge is -2.18. The topological polar surface area (TPSA) is 92.1 Å². The molecule has 0 saturated heterocycles. The Labute approximate surface area is 174 Å². The Kier molecular flexibility index (Phi) is 4.63. The van der Waals surface area contributed by atoms with Crippen molar-refractivity contribution in [2.45, 2.75) is 19.8 Å². The summed E-state index contributed by atoms with van der Waals surface area (Å²) in [4.78, 5) is 14.8. The van der Waals surface area contributed by atoms with Crippen LogP contribution in [0.2, 0.25) is 0 Å². The zero-order chi connectivity index (χ0) is 20.5. The highest BCUT2D eigenvalue weighted by Gasteiger charge is 2.19. The van der Waals surface area contributed by atoms with Crippen molar-refractivity contribution in [2.75, 3.05) is 29.0 Å². The molecule has 4 N–H and O–H groups in total. The fourth-order valence-electron chi connectivity index (χ4n) is 3.92. The molecule has 7 nitrogen and oxygen atoms in total. The number of nitrogens with zero attached hydrogens (tertiary/aromatic N) is 3. The van der Waals surface area contributed by atoms with Gasteiger partial charge in [0.2, 0.25) is 11.8 Å². The van der Waals surface area contributed by atoms with Crippen molar-refractivity contribution in [1.29, 1.82) is 0 Å². The maximum absolute atomic E-state index is 6.03. The monoisotopic (exact) mass is 400 g/mol. The highest BCUT2D eigenvalue weighted by Crippen LogP contribution is 2.33. The summed E-state index contributed by atoms with van der Waals surface area (Å²) in [5.74, 6) is 1.59. The lowest BCUT2D eigenvalue weighted by molar-refractivity contribution is 0.469. The van der Waals surface area contributed by atoms with E-state index in [4.69, 9.17) is 10.5 Å². The van der Waals surface area contributed by atoms with Crippen LogP contribution in [-0.2, 0) is 6.42 Å². The number of nitrogen functional groups attached to an aromatic ring is 1. The molecule has 0 aliphatic carbocycles. The number of hydrogen-bond donors (Lipinski definition) is 3. The van der Waals surface area contributed by atoms with Gasteiger partial charge in [-0.15, -0.1) is 0 Å². The fourth-order valence-corrected chi connectivity index (χ4v) is 3.92. The number of benzene rings is 2. The molecule has 0 bridgehead atoms. The van der Waals surface area contributed by atoms with Crippen molar-refractivity contribution in [1.82, 2.24) is 15.0 Å². The van der Waals surface area contributed by atoms with Crippen LogP contribution in [0.15, 0.2) is 54.7 Å². The number of rotatable bonds is 6. The van der Waals surface area contributed by atoms with Gasteiger partial charge in [0.15, 0.2) is 0 Å². The highest BCUT2D eigenvalue weighted by atomic mass is 16.5. The summed E-state index contributed by atoms with van der Waals surface area (Å²) in [7, 11) is 0. The van der Waals surface area contributed by atoms with Crippen LogP contribution in [0.1, 0.15) is 18.9 Å². The number of H-pyrrole nitrogens is 1. The van der Waals surface area contributed by atoms with Crippen molar-refractivity contribution < 1.29 is 4.74 Å². The highest BCUT2D eigenvalue weighted by molar-refractivity contribution is 5.83. The van der Waals surface area contributed by atoms with Gasteiger partial charge in [0, 0.05) is 42.4 Å². The van der Waals surface area contributed by atoms with Crippen molar-refractivity contribution >= 4 is 34.0 Å². The molecular weight excluding hydrogens is 376 g/mol. The zero-order valence-electron chi connectivity index (χ0n) is 16.9. The number of aromatic nitrogens is 3. The van der Waals surface area contributed by atoms with Crippen molar-refractivity contribution in [3.8, 4) is 11.6 Å². The van der Waals surface area contributed by atoms with Gasteiger partial charge >= 0.3 is 0 Å². The van der Waals surface area contributed by atoms with Crippen molar-refractivity contribution in [3.63, 3.8) is 0 Å². The van der Waals surface area contributed by atoms with Crippen LogP contribution < -0.4 is 20.7 Å². The third-order valence-corrected chi connectivity index (χ3v) is 5.27. The summed E-state index contributed by atoms with van der Waals surface area (Å²) in [5.41, 5.74) is 10.9. The Balaban J connectivity index is 1.44. The summed E-state index contributed by atoms with van der Waals surface area (Å²) in [6.07, 6.45) is 4.04. The molecule has 0 amide bonds. The van der Waals surface area contributed by atoms with E-state index in [1.54, 1.807) is 6.07 Å². The molecule has 4 aromatic rings. The maximum atomic E-state index is 6.03. The number of hydrogen-bond acceptors (Lipinski definition) is 6. The number of nitrogens with two attached hydrogens (primary N) is 1. The van der Waals surface area contributed by atoms with Crippen LogP contribution >= 0.6 is 0 Å². The molecule has 152 valence electrons. The summed E-state index contributed by atoms with van der Waals surface area (Å²) in [6, 6.07) is 15.6. The third-order valence-electron chi connectivity index (χ3n) is 5.27. The molecule has 5 rings (SSSR count). The van der Waals surface area contributed by atoms with Gasteiger partial charge in [-0.25, -0.2) is 0 Å². The first-order valence-corrected chi connectivity index (χ1v) is 10.2.